The van der Waals surface area contributed by atoms with Crippen molar-refractivity contribution in [2.24, 2.45) is 5.73 Å². The Morgan fingerprint density at radius 2 is 2.18 bits per heavy atom. The molecule has 1 unspecified atom stereocenters. The number of hydrogen-bond acceptors (Lipinski definition) is 2. The number of fused-ring (bicyclic) bond motifs is 1. The van der Waals surface area contributed by atoms with Gasteiger partial charge in [0.1, 0.15) is 6.73 Å². The van der Waals surface area contributed by atoms with Gasteiger partial charge in [-0.25, -0.2) is 0 Å². The third kappa shape index (κ3) is 2.68. The summed E-state index contributed by atoms with van der Waals surface area (Å²) >= 11 is 0. The van der Waals surface area contributed by atoms with Gasteiger partial charge < -0.3 is 15.0 Å². The highest BCUT2D eigenvalue weighted by atomic mass is 16.5. The number of methoxy groups -OCH3 is 1. The van der Waals surface area contributed by atoms with Gasteiger partial charge >= 0.3 is 0 Å². The molecule has 1 heterocycles. The van der Waals surface area contributed by atoms with Gasteiger partial charge in [0.15, 0.2) is 0 Å². The van der Waals surface area contributed by atoms with Crippen LogP contribution in [-0.4, -0.2) is 17.7 Å². The summed E-state index contributed by atoms with van der Waals surface area (Å²) < 4.78 is 7.28. The van der Waals surface area contributed by atoms with Crippen molar-refractivity contribution in [3.63, 3.8) is 0 Å². The van der Waals surface area contributed by atoms with Crippen LogP contribution in [0.2, 0.25) is 0 Å². The fourth-order valence-corrected chi connectivity index (χ4v) is 2.06. The molecule has 3 heteroatoms. The maximum Gasteiger partial charge on any atom is 0.122 e. The highest BCUT2D eigenvalue weighted by Gasteiger charge is 2.05. The maximum absolute atomic E-state index is 5.99. The van der Waals surface area contributed by atoms with E-state index in [9.17, 15) is 0 Å². The number of nitrogens with two attached hydrogens (primary N) is 1. The summed E-state index contributed by atoms with van der Waals surface area (Å²) in [5, 5.41) is 1.25. The second-order valence-corrected chi connectivity index (χ2v) is 4.47. The summed E-state index contributed by atoms with van der Waals surface area (Å²) in [6.07, 6.45) is 4.00. The van der Waals surface area contributed by atoms with Crippen LogP contribution in [0.4, 0.5) is 0 Å². The summed E-state index contributed by atoms with van der Waals surface area (Å²) in [6.45, 7) is 2.71. The Morgan fingerprint density at radius 1 is 1.35 bits per heavy atom. The van der Waals surface area contributed by atoms with Crippen LogP contribution in [0.5, 0.6) is 0 Å². The summed E-state index contributed by atoms with van der Waals surface area (Å²) in [7, 11) is 1.71. The van der Waals surface area contributed by atoms with Crippen LogP contribution in [0.1, 0.15) is 18.9 Å². The molecule has 0 bridgehead atoms. The van der Waals surface area contributed by atoms with Crippen LogP contribution in [0.3, 0.4) is 0 Å². The topological polar surface area (TPSA) is 40.2 Å². The van der Waals surface area contributed by atoms with Gasteiger partial charge in [-0.05, 0) is 35.9 Å². The average Bonchev–Trinajstić information content (AvgIpc) is 2.73. The molecule has 1 aromatic carbocycles. The average molecular weight is 232 g/mol. The Labute approximate surface area is 102 Å². The smallest absolute Gasteiger partial charge is 0.122 e. The van der Waals surface area contributed by atoms with Gasteiger partial charge in [-0.2, -0.15) is 0 Å². The molecule has 0 aliphatic heterocycles. The molecule has 0 saturated carbocycles. The third-order valence-electron chi connectivity index (χ3n) is 3.13. The zero-order chi connectivity index (χ0) is 12.3. The minimum atomic E-state index is 0.248. The number of hydrogen-bond donors (Lipinski definition) is 1. The molecule has 2 rings (SSSR count). The molecule has 3 nitrogen and oxygen atoms in total. The van der Waals surface area contributed by atoms with Gasteiger partial charge in [0, 0.05) is 19.3 Å². The number of aromatic nitrogens is 1. The normalized spacial score (nSPS) is 13.1. The van der Waals surface area contributed by atoms with E-state index in [1.54, 1.807) is 7.11 Å². The van der Waals surface area contributed by atoms with Gasteiger partial charge in [-0.3, -0.25) is 0 Å². The Balaban J connectivity index is 2.30. The lowest BCUT2D eigenvalue weighted by molar-refractivity contribution is 0.135. The predicted octanol–water partition coefficient (Wildman–Crippen LogP) is 2.53. The molecule has 92 valence electrons. The molecule has 0 aliphatic rings. The Kier molecular flexibility index (Phi) is 3.82. The number of ether oxygens (including phenoxy) is 1. The minimum Gasteiger partial charge on any atom is -0.364 e. The van der Waals surface area contributed by atoms with Gasteiger partial charge in [0.2, 0.25) is 0 Å². The van der Waals surface area contributed by atoms with Crippen molar-refractivity contribution >= 4 is 10.9 Å². The van der Waals surface area contributed by atoms with Crippen LogP contribution in [-0.2, 0) is 17.9 Å². The molecular formula is C14H20N2O. The molecule has 0 radical (unpaired) electrons. The van der Waals surface area contributed by atoms with E-state index in [-0.39, 0.29) is 6.04 Å². The maximum atomic E-state index is 5.99. The van der Waals surface area contributed by atoms with E-state index in [1.807, 2.05) is 0 Å². The Morgan fingerprint density at radius 3 is 2.88 bits per heavy atom. The van der Waals surface area contributed by atoms with Gasteiger partial charge in [-0.15, -0.1) is 0 Å². The van der Waals surface area contributed by atoms with E-state index in [2.05, 4.69) is 42.0 Å². The molecule has 2 aromatic rings. The molecule has 0 aliphatic carbocycles. The van der Waals surface area contributed by atoms with E-state index >= 15 is 0 Å². The molecule has 1 atom stereocenters. The predicted molar refractivity (Wildman–Crippen MR) is 70.9 cm³/mol. The van der Waals surface area contributed by atoms with Crippen molar-refractivity contribution in [3.05, 3.63) is 36.0 Å². The highest BCUT2D eigenvalue weighted by molar-refractivity contribution is 5.80. The molecular weight excluding hydrogens is 212 g/mol. The highest BCUT2D eigenvalue weighted by Crippen LogP contribution is 2.18. The molecule has 1 aromatic heterocycles. The first-order chi connectivity index (χ1) is 8.24. The summed E-state index contributed by atoms with van der Waals surface area (Å²) in [5.41, 5.74) is 8.50. The van der Waals surface area contributed by atoms with E-state index in [1.165, 1.54) is 16.5 Å². The van der Waals surface area contributed by atoms with E-state index in [4.69, 9.17) is 10.5 Å². The van der Waals surface area contributed by atoms with Crippen molar-refractivity contribution in [2.75, 3.05) is 7.11 Å². The molecule has 0 spiro atoms. The van der Waals surface area contributed by atoms with Crippen molar-refractivity contribution in [1.82, 2.24) is 4.57 Å². The van der Waals surface area contributed by atoms with Crippen molar-refractivity contribution in [2.45, 2.75) is 32.5 Å². The van der Waals surface area contributed by atoms with E-state index in [0.29, 0.717) is 6.73 Å². The summed E-state index contributed by atoms with van der Waals surface area (Å²) in [5.74, 6) is 0. The zero-order valence-electron chi connectivity index (χ0n) is 10.5. The van der Waals surface area contributed by atoms with Crippen LogP contribution in [0.25, 0.3) is 10.9 Å². The van der Waals surface area contributed by atoms with E-state index in [0.717, 1.165) is 12.8 Å². The Hall–Kier alpha value is -1.32. The van der Waals surface area contributed by atoms with Crippen LogP contribution in [0.15, 0.2) is 30.5 Å². The Bertz CT molecular complexity index is 490. The minimum absolute atomic E-state index is 0.248. The van der Waals surface area contributed by atoms with Crippen molar-refractivity contribution in [3.8, 4) is 0 Å². The SMILES string of the molecule is CCC(N)Cc1ccc2ccn(COC)c2c1. The second-order valence-electron chi connectivity index (χ2n) is 4.47. The summed E-state index contributed by atoms with van der Waals surface area (Å²) in [4.78, 5) is 0. The molecule has 2 N–H and O–H groups in total. The monoisotopic (exact) mass is 232 g/mol. The molecule has 0 fully saturated rings. The lowest BCUT2D eigenvalue weighted by Gasteiger charge is -2.10. The fourth-order valence-electron chi connectivity index (χ4n) is 2.06. The van der Waals surface area contributed by atoms with Gasteiger partial charge in [-0.1, -0.05) is 19.1 Å². The van der Waals surface area contributed by atoms with Crippen LogP contribution >= 0.6 is 0 Å². The largest absolute Gasteiger partial charge is 0.364 e. The third-order valence-corrected chi connectivity index (χ3v) is 3.13. The molecule has 17 heavy (non-hydrogen) atoms. The lowest BCUT2D eigenvalue weighted by Crippen LogP contribution is -2.21. The van der Waals surface area contributed by atoms with Crippen LogP contribution in [0, 0.1) is 0 Å². The fraction of sp³-hybridized carbons (Fsp3) is 0.429. The zero-order valence-corrected chi connectivity index (χ0v) is 10.5. The first kappa shape index (κ1) is 12.1. The number of rotatable bonds is 5. The van der Waals surface area contributed by atoms with Gasteiger partial charge in [0.05, 0.1) is 5.52 Å². The lowest BCUT2D eigenvalue weighted by atomic mass is 10.0. The summed E-state index contributed by atoms with van der Waals surface area (Å²) in [6, 6.07) is 8.88. The molecule has 0 amide bonds. The first-order valence-corrected chi connectivity index (χ1v) is 6.07. The second kappa shape index (κ2) is 5.34. The van der Waals surface area contributed by atoms with E-state index < -0.39 is 0 Å². The van der Waals surface area contributed by atoms with Crippen molar-refractivity contribution < 1.29 is 4.74 Å². The quantitative estimate of drug-likeness (QED) is 0.860. The number of benzene rings is 1. The standard InChI is InChI=1S/C14H20N2O/c1-3-13(15)8-11-4-5-12-6-7-16(10-17-2)14(12)9-11/h4-7,9,13H,3,8,10,15H2,1-2H3. The first-order valence-electron chi connectivity index (χ1n) is 6.07. The van der Waals surface area contributed by atoms with Crippen LogP contribution < -0.4 is 5.73 Å². The van der Waals surface area contributed by atoms with Gasteiger partial charge in [0.25, 0.3) is 0 Å². The molecule has 0 saturated heterocycles. The number of nitrogens with zero attached hydrogens (tertiary/aromatic N) is 1. The van der Waals surface area contributed by atoms with Crippen molar-refractivity contribution in [1.29, 1.82) is 0 Å².